The number of benzene rings is 2. The monoisotopic (exact) mass is 850 g/mol. The molecule has 0 radical (unpaired) electrons. The van der Waals surface area contributed by atoms with E-state index in [1.807, 2.05) is 13.0 Å². The van der Waals surface area contributed by atoms with Crippen molar-refractivity contribution >= 4 is 40.4 Å². The zero-order valence-electron chi connectivity index (χ0n) is 34.1. The van der Waals surface area contributed by atoms with E-state index in [1.165, 1.54) is 10.4 Å². The van der Waals surface area contributed by atoms with Gasteiger partial charge in [-0.05, 0) is 101 Å². The summed E-state index contributed by atoms with van der Waals surface area (Å²) in [6.45, 7) is 7.90. The zero-order valence-corrected chi connectivity index (χ0v) is 35.6. The van der Waals surface area contributed by atoms with Gasteiger partial charge in [0.2, 0.25) is 0 Å². The fraction of sp³-hybridized carbons (Fsp3) is 0.348. The predicted molar refractivity (Wildman–Crippen MR) is 233 cm³/mol. The summed E-state index contributed by atoms with van der Waals surface area (Å²) >= 11 is 7.90. The Labute approximate surface area is 362 Å². The normalized spacial score (nSPS) is 18.8. The van der Waals surface area contributed by atoms with Crippen LogP contribution in [0.2, 0.25) is 5.02 Å². The number of piperidine rings is 1. The number of oxazole rings is 1. The van der Waals surface area contributed by atoms with Crippen LogP contribution in [0, 0.1) is 49.9 Å². The Hall–Kier alpha value is -6.35. The first-order valence-corrected chi connectivity index (χ1v) is 21.8. The molecule has 61 heavy (non-hydrogen) atoms. The molecule has 0 bridgehead atoms. The number of thiophene rings is 1. The lowest BCUT2D eigenvalue weighted by atomic mass is 9.93. The van der Waals surface area contributed by atoms with E-state index in [-0.39, 0.29) is 30.0 Å². The van der Waals surface area contributed by atoms with Crippen LogP contribution in [0.4, 0.5) is 5.82 Å². The van der Waals surface area contributed by atoms with Crippen LogP contribution in [0.1, 0.15) is 105 Å². The van der Waals surface area contributed by atoms with Crippen molar-refractivity contribution in [1.29, 1.82) is 5.26 Å². The van der Waals surface area contributed by atoms with Crippen LogP contribution in [0.3, 0.4) is 0 Å². The Morgan fingerprint density at radius 3 is 2.49 bits per heavy atom. The highest BCUT2D eigenvalue weighted by atomic mass is 35.5. The van der Waals surface area contributed by atoms with Gasteiger partial charge in [0.1, 0.15) is 34.9 Å². The molecule has 2 aliphatic heterocycles. The summed E-state index contributed by atoms with van der Waals surface area (Å²) in [6.07, 6.45) is 8.73. The number of carbonyl (C=O) groups excluding carboxylic acids is 1. The van der Waals surface area contributed by atoms with Crippen LogP contribution in [0.25, 0.3) is 5.00 Å². The minimum atomic E-state index is -0.324. The second-order valence-electron chi connectivity index (χ2n) is 15.7. The second kappa shape index (κ2) is 17.3. The number of hydrogen-bond donors (Lipinski definition) is 1. The predicted octanol–water partition coefficient (Wildman–Crippen LogP) is 8.08. The summed E-state index contributed by atoms with van der Waals surface area (Å²) in [7, 11) is 0. The third-order valence-electron chi connectivity index (χ3n) is 11.7. The number of amides is 1. The molecule has 1 amide bonds. The minimum absolute atomic E-state index is 0.0249. The smallest absolute Gasteiger partial charge is 0.272 e. The summed E-state index contributed by atoms with van der Waals surface area (Å²) in [5, 5.41) is 31.4. The van der Waals surface area contributed by atoms with Crippen LogP contribution in [0.5, 0.6) is 5.75 Å². The third-order valence-corrected chi connectivity index (χ3v) is 13.3. The number of aromatic nitrogens is 6. The maximum Gasteiger partial charge on any atom is 0.272 e. The number of hydrogen-bond acceptors (Lipinski definition) is 12. The van der Waals surface area contributed by atoms with E-state index in [4.69, 9.17) is 31.0 Å². The van der Waals surface area contributed by atoms with Crippen molar-refractivity contribution < 1.29 is 13.9 Å². The zero-order chi connectivity index (χ0) is 42.0. The van der Waals surface area contributed by atoms with Gasteiger partial charge in [-0.3, -0.25) is 14.4 Å². The number of nitriles is 1. The Kier molecular flexibility index (Phi) is 11.4. The van der Waals surface area contributed by atoms with Crippen molar-refractivity contribution in [2.75, 3.05) is 18.0 Å². The molecule has 1 aliphatic carbocycles. The van der Waals surface area contributed by atoms with Crippen molar-refractivity contribution in [2.24, 2.45) is 10.9 Å². The molecule has 1 N–H and O–H groups in total. The van der Waals surface area contributed by atoms with Crippen molar-refractivity contribution in [3.63, 3.8) is 0 Å². The average Bonchev–Trinajstić information content (AvgIpc) is 3.99. The molecule has 13 nitrogen and oxygen atoms in total. The highest BCUT2D eigenvalue weighted by Crippen LogP contribution is 2.39. The Balaban J connectivity index is 0.790. The van der Waals surface area contributed by atoms with E-state index in [0.29, 0.717) is 34.3 Å². The number of nitrogens with one attached hydrogen (secondary N) is 1. The SMILES string of the molecule is Cc1sc2c(c1C)C(c1ccc(C#CC3CCN(c4ccc(C(=O)N[C@H]5CC[C@H](Oc6ccc(C#N)c(Cl)c6)CC5)nn4)CC3)cc1)=N[C@H](Cc1ncco1)c1nnc(C)n1-2. The molecule has 2 fully saturated rings. The number of ether oxygens (including phenoxy) is 1. The van der Waals surface area contributed by atoms with Gasteiger partial charge in [0, 0.05) is 52.7 Å². The van der Waals surface area contributed by atoms with E-state index < -0.39 is 0 Å². The van der Waals surface area contributed by atoms with Gasteiger partial charge in [0.05, 0.1) is 35.0 Å². The number of anilines is 1. The molecule has 6 heterocycles. The first kappa shape index (κ1) is 40.1. The van der Waals surface area contributed by atoms with E-state index in [1.54, 1.807) is 48.1 Å². The summed E-state index contributed by atoms with van der Waals surface area (Å²) in [5.41, 5.74) is 5.91. The van der Waals surface area contributed by atoms with E-state index >= 15 is 0 Å². The number of nitrogens with zero attached hydrogens (tertiary/aromatic N) is 9. The Bertz CT molecular complexity index is 2690. The lowest BCUT2D eigenvalue weighted by molar-refractivity contribution is 0.0888. The lowest BCUT2D eigenvalue weighted by Crippen LogP contribution is -2.40. The van der Waals surface area contributed by atoms with Gasteiger partial charge in [-0.1, -0.05) is 35.6 Å². The van der Waals surface area contributed by atoms with Crippen LogP contribution in [-0.2, 0) is 6.42 Å². The standard InChI is InChI=1S/C46H43ClN10O3S/c1-27-28(2)61-46-42(27)43(51-39(25-41-49-20-23-59-41)44-55-52-29(3)57(44)46)32-8-6-30(7-9-32)4-5-31-18-21-56(22-19-31)40-17-16-38(53-54-40)45(58)50-34-11-14-35(15-12-34)60-36-13-10-33(26-48)37(47)24-36/h6-10,13,16-17,20,23-24,31,34-35,39H,11-12,14-15,18-19,21-22,25H2,1-3H3,(H,50,58)/t34-,35-,39-/m1/s1. The Morgan fingerprint density at radius 2 is 1.79 bits per heavy atom. The van der Waals surface area contributed by atoms with Gasteiger partial charge < -0.3 is 19.4 Å². The van der Waals surface area contributed by atoms with Gasteiger partial charge in [-0.2, -0.15) is 5.26 Å². The molecule has 6 aromatic rings. The number of aliphatic imine (C=N–C) groups is 1. The molecular formula is C46H43ClN10O3S. The molecule has 3 aliphatic rings. The number of carbonyl (C=O) groups is 1. The third kappa shape index (κ3) is 8.51. The lowest BCUT2D eigenvalue weighted by Gasteiger charge is -2.30. The number of aryl methyl sites for hydroxylation is 2. The number of rotatable bonds is 8. The summed E-state index contributed by atoms with van der Waals surface area (Å²) < 4.78 is 13.9. The maximum absolute atomic E-state index is 13.1. The van der Waals surface area contributed by atoms with Crippen molar-refractivity contribution in [3.05, 3.63) is 128 Å². The highest BCUT2D eigenvalue weighted by molar-refractivity contribution is 7.15. The van der Waals surface area contributed by atoms with Gasteiger partial charge in [0.15, 0.2) is 23.2 Å². The summed E-state index contributed by atoms with van der Waals surface area (Å²) in [6, 6.07) is 18.9. The molecule has 2 aromatic carbocycles. The minimum Gasteiger partial charge on any atom is -0.490 e. The Morgan fingerprint density at radius 1 is 0.984 bits per heavy atom. The number of halogens is 1. The largest absolute Gasteiger partial charge is 0.490 e. The molecule has 308 valence electrons. The van der Waals surface area contributed by atoms with Gasteiger partial charge in [-0.25, -0.2) is 4.98 Å². The van der Waals surface area contributed by atoms with Crippen LogP contribution >= 0.6 is 22.9 Å². The maximum atomic E-state index is 13.1. The van der Waals surface area contributed by atoms with Gasteiger partial charge in [0.25, 0.3) is 5.91 Å². The first-order valence-electron chi connectivity index (χ1n) is 20.6. The topological polar surface area (TPSA) is 160 Å². The molecule has 15 heteroatoms. The second-order valence-corrected chi connectivity index (χ2v) is 17.3. The fourth-order valence-corrected chi connectivity index (χ4v) is 9.67. The molecule has 4 aromatic heterocycles. The highest BCUT2D eigenvalue weighted by Gasteiger charge is 2.32. The van der Waals surface area contributed by atoms with Crippen molar-refractivity contribution in [1.82, 2.24) is 35.3 Å². The van der Waals surface area contributed by atoms with E-state index in [0.717, 1.165) is 96.5 Å². The molecule has 1 atom stereocenters. The summed E-state index contributed by atoms with van der Waals surface area (Å²) in [4.78, 5) is 26.2. The van der Waals surface area contributed by atoms with Crippen LogP contribution in [0.15, 0.2) is 76.5 Å². The van der Waals surface area contributed by atoms with Gasteiger partial charge in [-0.15, -0.1) is 31.7 Å². The van der Waals surface area contributed by atoms with Crippen molar-refractivity contribution in [2.45, 2.75) is 83.9 Å². The van der Waals surface area contributed by atoms with Crippen LogP contribution < -0.4 is 15.0 Å². The number of fused-ring (bicyclic) bond motifs is 3. The molecule has 0 unspecified atom stereocenters. The molecule has 0 spiro atoms. The van der Waals surface area contributed by atoms with E-state index in [2.05, 4.69) is 96.2 Å². The quantitative estimate of drug-likeness (QED) is 0.148. The molecule has 9 rings (SSSR count). The van der Waals surface area contributed by atoms with Gasteiger partial charge >= 0.3 is 0 Å². The van der Waals surface area contributed by atoms with Crippen LogP contribution in [-0.4, -0.2) is 66.8 Å². The average molecular weight is 851 g/mol. The fourth-order valence-electron chi connectivity index (χ4n) is 8.25. The molecule has 1 saturated heterocycles. The molecule has 1 saturated carbocycles. The first-order chi connectivity index (χ1) is 29.7. The van der Waals surface area contributed by atoms with Crippen molar-refractivity contribution in [3.8, 4) is 28.7 Å². The molecular weight excluding hydrogens is 808 g/mol. The van der Waals surface area contributed by atoms with E-state index in [9.17, 15) is 4.79 Å². The summed E-state index contributed by atoms with van der Waals surface area (Å²) in [5.74, 6) is 10.6.